The molecule has 0 aliphatic carbocycles. The van der Waals surface area contributed by atoms with Crippen LogP contribution in [0, 0.1) is 5.92 Å². The van der Waals surface area contributed by atoms with E-state index in [1.807, 2.05) is 26.0 Å². The summed E-state index contributed by atoms with van der Waals surface area (Å²) >= 11 is 5.83. The monoisotopic (exact) mass is 311 g/mol. The summed E-state index contributed by atoms with van der Waals surface area (Å²) in [6.07, 6.45) is 0.676. The van der Waals surface area contributed by atoms with Crippen molar-refractivity contribution in [3.05, 3.63) is 34.9 Å². The molecule has 1 aromatic rings. The van der Waals surface area contributed by atoms with E-state index in [-0.39, 0.29) is 11.7 Å². The van der Waals surface area contributed by atoms with Crippen molar-refractivity contribution >= 4 is 23.3 Å². The van der Waals surface area contributed by atoms with Gasteiger partial charge in [-0.25, -0.2) is 0 Å². The first-order valence-electron chi connectivity index (χ1n) is 6.91. The number of carbonyl (C=O) groups is 1. The Kier molecular flexibility index (Phi) is 7.02. The predicted octanol–water partition coefficient (Wildman–Crippen LogP) is 2.50. The fourth-order valence-corrected chi connectivity index (χ4v) is 2.07. The summed E-state index contributed by atoms with van der Waals surface area (Å²) in [7, 11) is 0. The number of hydrogen-bond acceptors (Lipinski definition) is 3. The number of nitrogens with two attached hydrogens (primary N) is 1. The molecule has 0 spiro atoms. The third-order valence-electron chi connectivity index (χ3n) is 2.97. The number of carbonyl (C=O) groups excluding carboxylic acids is 1. The highest BCUT2D eigenvalue weighted by atomic mass is 35.5. The lowest BCUT2D eigenvalue weighted by molar-refractivity contribution is -0.130. The summed E-state index contributed by atoms with van der Waals surface area (Å²) in [4.78, 5) is 14.1. The zero-order chi connectivity index (χ0) is 15.8. The summed E-state index contributed by atoms with van der Waals surface area (Å²) in [5.41, 5.74) is 6.39. The molecule has 0 bridgehead atoms. The van der Waals surface area contributed by atoms with Crippen molar-refractivity contribution in [2.75, 3.05) is 13.1 Å². The first-order chi connectivity index (χ1) is 9.92. The van der Waals surface area contributed by atoms with Crippen molar-refractivity contribution in [3.8, 4) is 0 Å². The number of amidine groups is 1. The molecule has 5 nitrogen and oxygen atoms in total. The molecule has 1 amide bonds. The van der Waals surface area contributed by atoms with Crippen LogP contribution in [0.2, 0.25) is 5.02 Å². The highest BCUT2D eigenvalue weighted by Crippen LogP contribution is 2.11. The van der Waals surface area contributed by atoms with E-state index in [2.05, 4.69) is 5.16 Å². The van der Waals surface area contributed by atoms with Crippen LogP contribution in [-0.2, 0) is 11.2 Å². The lowest BCUT2D eigenvalue weighted by Crippen LogP contribution is -2.37. The quantitative estimate of drug-likeness (QED) is 0.351. The van der Waals surface area contributed by atoms with Crippen LogP contribution in [0.4, 0.5) is 0 Å². The van der Waals surface area contributed by atoms with E-state index in [1.54, 1.807) is 17.0 Å². The Morgan fingerprint density at radius 1 is 1.38 bits per heavy atom. The maximum absolute atomic E-state index is 12.4. The summed E-state index contributed by atoms with van der Waals surface area (Å²) in [5, 5.41) is 12.2. The molecule has 0 aliphatic heterocycles. The second-order valence-corrected chi connectivity index (χ2v) is 5.81. The Labute approximate surface area is 130 Å². The van der Waals surface area contributed by atoms with Crippen molar-refractivity contribution < 1.29 is 10.0 Å². The Hall–Kier alpha value is -1.75. The van der Waals surface area contributed by atoms with Crippen LogP contribution < -0.4 is 5.73 Å². The smallest absolute Gasteiger partial charge is 0.227 e. The molecule has 0 fully saturated rings. The molecule has 116 valence electrons. The van der Waals surface area contributed by atoms with E-state index < -0.39 is 0 Å². The Balaban J connectivity index is 2.67. The number of hydrogen-bond donors (Lipinski definition) is 2. The Bertz CT molecular complexity index is 486. The number of halogens is 1. The van der Waals surface area contributed by atoms with Crippen molar-refractivity contribution in [2.24, 2.45) is 16.8 Å². The van der Waals surface area contributed by atoms with Gasteiger partial charge >= 0.3 is 0 Å². The topological polar surface area (TPSA) is 78.9 Å². The number of benzene rings is 1. The third-order valence-corrected chi connectivity index (χ3v) is 3.23. The fraction of sp³-hybridized carbons (Fsp3) is 0.467. The van der Waals surface area contributed by atoms with Gasteiger partial charge in [0, 0.05) is 24.5 Å². The molecule has 0 saturated carbocycles. The van der Waals surface area contributed by atoms with Gasteiger partial charge in [0.05, 0.1) is 6.42 Å². The van der Waals surface area contributed by atoms with Crippen molar-refractivity contribution in [1.82, 2.24) is 4.90 Å². The van der Waals surface area contributed by atoms with Crippen LogP contribution in [0.1, 0.15) is 25.8 Å². The fourth-order valence-electron chi connectivity index (χ4n) is 1.95. The standard InChI is InChI=1S/C15H22ClN3O2/c1-11(2)10-19(8-7-14(17)18-21)15(20)9-12-3-5-13(16)6-4-12/h3-6,11,21H,7-10H2,1-2H3,(H2,17,18). The van der Waals surface area contributed by atoms with Gasteiger partial charge in [0.1, 0.15) is 5.84 Å². The van der Waals surface area contributed by atoms with Gasteiger partial charge in [-0.3, -0.25) is 4.79 Å². The average molecular weight is 312 g/mol. The van der Waals surface area contributed by atoms with Gasteiger partial charge in [-0.05, 0) is 23.6 Å². The number of nitrogens with zero attached hydrogens (tertiary/aromatic N) is 2. The van der Waals surface area contributed by atoms with Crippen LogP contribution in [0.25, 0.3) is 0 Å². The normalized spacial score (nSPS) is 11.7. The van der Waals surface area contributed by atoms with Gasteiger partial charge in [0.2, 0.25) is 5.91 Å². The van der Waals surface area contributed by atoms with E-state index >= 15 is 0 Å². The maximum atomic E-state index is 12.4. The summed E-state index contributed by atoms with van der Waals surface area (Å²) < 4.78 is 0. The number of amides is 1. The first-order valence-corrected chi connectivity index (χ1v) is 7.28. The van der Waals surface area contributed by atoms with E-state index in [4.69, 9.17) is 22.5 Å². The van der Waals surface area contributed by atoms with E-state index in [1.165, 1.54) is 0 Å². The molecular weight excluding hydrogens is 290 g/mol. The SMILES string of the molecule is CC(C)CN(CCC(N)=NO)C(=O)Cc1ccc(Cl)cc1. The van der Waals surface area contributed by atoms with Crippen LogP contribution in [0.3, 0.4) is 0 Å². The van der Waals surface area contributed by atoms with Crippen LogP contribution >= 0.6 is 11.6 Å². The van der Waals surface area contributed by atoms with Crippen molar-refractivity contribution in [1.29, 1.82) is 0 Å². The molecule has 0 unspecified atom stereocenters. The molecule has 0 heterocycles. The predicted molar refractivity (Wildman–Crippen MR) is 84.6 cm³/mol. The summed E-state index contributed by atoms with van der Waals surface area (Å²) in [5.74, 6) is 0.506. The highest BCUT2D eigenvalue weighted by molar-refractivity contribution is 6.30. The lowest BCUT2D eigenvalue weighted by Gasteiger charge is -2.24. The number of rotatable bonds is 7. The molecule has 1 aromatic carbocycles. The van der Waals surface area contributed by atoms with Gasteiger partial charge in [-0.15, -0.1) is 0 Å². The van der Waals surface area contributed by atoms with E-state index in [9.17, 15) is 4.79 Å². The zero-order valence-corrected chi connectivity index (χ0v) is 13.2. The van der Waals surface area contributed by atoms with E-state index in [0.717, 1.165) is 5.56 Å². The number of oxime groups is 1. The minimum absolute atomic E-state index is 0.0248. The molecule has 1 rings (SSSR count). The van der Waals surface area contributed by atoms with Crippen LogP contribution in [0.5, 0.6) is 0 Å². The Morgan fingerprint density at radius 2 is 2.00 bits per heavy atom. The van der Waals surface area contributed by atoms with Gasteiger partial charge in [-0.2, -0.15) is 0 Å². The second-order valence-electron chi connectivity index (χ2n) is 5.38. The van der Waals surface area contributed by atoms with Crippen LogP contribution in [0.15, 0.2) is 29.4 Å². The maximum Gasteiger partial charge on any atom is 0.227 e. The minimum atomic E-state index is 0.0248. The van der Waals surface area contributed by atoms with Crippen molar-refractivity contribution in [2.45, 2.75) is 26.7 Å². The summed E-state index contributed by atoms with van der Waals surface area (Å²) in [6.45, 7) is 5.18. The highest BCUT2D eigenvalue weighted by Gasteiger charge is 2.15. The summed E-state index contributed by atoms with van der Waals surface area (Å²) in [6, 6.07) is 7.23. The van der Waals surface area contributed by atoms with Gasteiger partial charge < -0.3 is 15.8 Å². The molecule has 6 heteroatoms. The molecular formula is C15H22ClN3O2. The largest absolute Gasteiger partial charge is 0.409 e. The van der Waals surface area contributed by atoms with Crippen molar-refractivity contribution in [3.63, 3.8) is 0 Å². The van der Waals surface area contributed by atoms with Gasteiger partial charge in [0.15, 0.2) is 0 Å². The third kappa shape index (κ3) is 6.49. The molecule has 21 heavy (non-hydrogen) atoms. The molecule has 0 radical (unpaired) electrons. The second kappa shape index (κ2) is 8.52. The van der Waals surface area contributed by atoms with Gasteiger partial charge in [0.25, 0.3) is 0 Å². The van der Waals surface area contributed by atoms with Gasteiger partial charge in [-0.1, -0.05) is 42.7 Å². The minimum Gasteiger partial charge on any atom is -0.409 e. The molecule has 0 atom stereocenters. The Morgan fingerprint density at radius 3 is 2.52 bits per heavy atom. The van der Waals surface area contributed by atoms with Crippen LogP contribution in [-0.4, -0.2) is 34.9 Å². The lowest BCUT2D eigenvalue weighted by atomic mass is 10.1. The molecule has 0 aliphatic rings. The molecule has 0 aromatic heterocycles. The zero-order valence-electron chi connectivity index (χ0n) is 12.4. The average Bonchev–Trinajstić information content (AvgIpc) is 2.45. The first kappa shape index (κ1) is 17.3. The molecule has 0 saturated heterocycles. The molecule has 3 N–H and O–H groups in total. The van der Waals surface area contributed by atoms with E-state index in [0.29, 0.717) is 36.9 Å².